The lowest BCUT2D eigenvalue weighted by atomic mass is 10.1. The van der Waals surface area contributed by atoms with E-state index in [1.807, 2.05) is 24.3 Å². The standard InChI is InChI=1S/C24H20BrNO/c25-21-11-13-22(14-12-21)26-16-18-5-3-9-23(15-18)27-17-20-8-4-7-19-6-1-2-10-24(19)20/h1-15,26H,16-17H2. The zero-order valence-electron chi connectivity index (χ0n) is 14.9. The van der Waals surface area contributed by atoms with Crippen LogP contribution < -0.4 is 10.1 Å². The van der Waals surface area contributed by atoms with Crippen LogP contribution in [0.15, 0.2) is 95.5 Å². The number of halogens is 1. The van der Waals surface area contributed by atoms with Crippen molar-refractivity contribution in [1.29, 1.82) is 0 Å². The summed E-state index contributed by atoms with van der Waals surface area (Å²) in [5, 5.41) is 5.92. The number of ether oxygens (including phenoxy) is 1. The Morgan fingerprint density at radius 1 is 0.778 bits per heavy atom. The van der Waals surface area contributed by atoms with Crippen LogP contribution in [-0.4, -0.2) is 0 Å². The van der Waals surface area contributed by atoms with Gasteiger partial charge in [0.05, 0.1) is 0 Å². The molecule has 2 nitrogen and oxygen atoms in total. The SMILES string of the molecule is Brc1ccc(NCc2cccc(OCc3cccc4ccccc34)c2)cc1. The smallest absolute Gasteiger partial charge is 0.120 e. The molecule has 0 unspecified atom stereocenters. The first-order chi connectivity index (χ1) is 13.3. The molecule has 0 bridgehead atoms. The van der Waals surface area contributed by atoms with Gasteiger partial charge in [0.25, 0.3) is 0 Å². The zero-order chi connectivity index (χ0) is 18.5. The van der Waals surface area contributed by atoms with Crippen LogP contribution in [0.25, 0.3) is 10.8 Å². The van der Waals surface area contributed by atoms with E-state index in [0.717, 1.165) is 22.5 Å². The van der Waals surface area contributed by atoms with Gasteiger partial charge in [0.2, 0.25) is 0 Å². The summed E-state index contributed by atoms with van der Waals surface area (Å²) in [4.78, 5) is 0. The summed E-state index contributed by atoms with van der Waals surface area (Å²) in [6.45, 7) is 1.32. The Morgan fingerprint density at radius 2 is 1.56 bits per heavy atom. The average Bonchev–Trinajstić information content (AvgIpc) is 2.72. The van der Waals surface area contributed by atoms with E-state index >= 15 is 0 Å². The van der Waals surface area contributed by atoms with Gasteiger partial charge in [0, 0.05) is 16.7 Å². The van der Waals surface area contributed by atoms with Gasteiger partial charge in [0.1, 0.15) is 12.4 Å². The third kappa shape index (κ3) is 4.50. The van der Waals surface area contributed by atoms with Crippen molar-refractivity contribution in [1.82, 2.24) is 0 Å². The maximum Gasteiger partial charge on any atom is 0.120 e. The van der Waals surface area contributed by atoms with Crippen molar-refractivity contribution in [3.63, 3.8) is 0 Å². The van der Waals surface area contributed by atoms with Gasteiger partial charge in [-0.2, -0.15) is 0 Å². The lowest BCUT2D eigenvalue weighted by molar-refractivity contribution is 0.307. The molecule has 0 spiro atoms. The van der Waals surface area contributed by atoms with Crippen LogP contribution in [0.5, 0.6) is 5.75 Å². The zero-order valence-corrected chi connectivity index (χ0v) is 16.4. The second-order valence-electron chi connectivity index (χ2n) is 6.43. The van der Waals surface area contributed by atoms with Crippen LogP contribution in [0, 0.1) is 0 Å². The van der Waals surface area contributed by atoms with Crippen LogP contribution >= 0.6 is 15.9 Å². The second kappa shape index (κ2) is 8.28. The molecule has 3 heteroatoms. The Hall–Kier alpha value is -2.78. The minimum Gasteiger partial charge on any atom is -0.489 e. The summed E-state index contributed by atoms with van der Waals surface area (Å²) < 4.78 is 7.16. The van der Waals surface area contributed by atoms with Gasteiger partial charge < -0.3 is 10.1 Å². The number of hydrogen-bond donors (Lipinski definition) is 1. The van der Waals surface area contributed by atoms with Crippen molar-refractivity contribution in [2.75, 3.05) is 5.32 Å². The fourth-order valence-corrected chi connectivity index (χ4v) is 3.36. The minimum absolute atomic E-state index is 0.560. The fraction of sp³-hybridized carbons (Fsp3) is 0.0833. The van der Waals surface area contributed by atoms with Gasteiger partial charge in [-0.3, -0.25) is 0 Å². The highest BCUT2D eigenvalue weighted by Crippen LogP contribution is 2.22. The third-order valence-electron chi connectivity index (χ3n) is 4.51. The summed E-state index contributed by atoms with van der Waals surface area (Å²) in [7, 11) is 0. The molecule has 0 aromatic heterocycles. The Labute approximate surface area is 167 Å². The fourth-order valence-electron chi connectivity index (χ4n) is 3.10. The maximum atomic E-state index is 6.07. The van der Waals surface area contributed by atoms with E-state index in [2.05, 4.69) is 88.0 Å². The first kappa shape index (κ1) is 17.6. The molecule has 0 fully saturated rings. The Balaban J connectivity index is 1.42. The molecule has 0 atom stereocenters. The van der Waals surface area contributed by atoms with Gasteiger partial charge in [-0.25, -0.2) is 0 Å². The first-order valence-electron chi connectivity index (χ1n) is 8.96. The predicted molar refractivity (Wildman–Crippen MR) is 116 cm³/mol. The molecule has 27 heavy (non-hydrogen) atoms. The molecule has 0 aliphatic rings. The van der Waals surface area contributed by atoms with Crippen LogP contribution in [-0.2, 0) is 13.2 Å². The van der Waals surface area contributed by atoms with Crippen LogP contribution in [0.2, 0.25) is 0 Å². The molecule has 1 N–H and O–H groups in total. The third-order valence-corrected chi connectivity index (χ3v) is 5.04. The van der Waals surface area contributed by atoms with E-state index in [9.17, 15) is 0 Å². The maximum absolute atomic E-state index is 6.07. The highest BCUT2D eigenvalue weighted by atomic mass is 79.9. The lowest BCUT2D eigenvalue weighted by Gasteiger charge is -2.11. The van der Waals surface area contributed by atoms with E-state index in [4.69, 9.17) is 4.74 Å². The molecule has 4 aromatic carbocycles. The highest BCUT2D eigenvalue weighted by molar-refractivity contribution is 9.10. The molecule has 0 saturated carbocycles. The Morgan fingerprint density at radius 3 is 2.44 bits per heavy atom. The summed E-state index contributed by atoms with van der Waals surface area (Å²) in [5.41, 5.74) is 3.49. The van der Waals surface area contributed by atoms with Crippen molar-refractivity contribution < 1.29 is 4.74 Å². The number of hydrogen-bond acceptors (Lipinski definition) is 2. The topological polar surface area (TPSA) is 21.3 Å². The van der Waals surface area contributed by atoms with E-state index < -0.39 is 0 Å². The largest absolute Gasteiger partial charge is 0.489 e. The second-order valence-corrected chi connectivity index (χ2v) is 7.35. The summed E-state index contributed by atoms with van der Waals surface area (Å²) in [5.74, 6) is 0.887. The number of fused-ring (bicyclic) bond motifs is 1. The molecular formula is C24H20BrNO. The minimum atomic E-state index is 0.560. The molecule has 4 aromatic rings. The molecule has 0 aliphatic heterocycles. The van der Waals surface area contributed by atoms with Crippen molar-refractivity contribution in [2.45, 2.75) is 13.2 Å². The highest BCUT2D eigenvalue weighted by Gasteiger charge is 2.03. The average molecular weight is 418 g/mol. The van der Waals surface area contributed by atoms with Crippen molar-refractivity contribution in [3.05, 3.63) is 107 Å². The van der Waals surface area contributed by atoms with E-state index in [-0.39, 0.29) is 0 Å². The van der Waals surface area contributed by atoms with Crippen LogP contribution in [0.4, 0.5) is 5.69 Å². The predicted octanol–water partition coefficient (Wildman–Crippen LogP) is 6.79. The molecular weight excluding hydrogens is 398 g/mol. The number of nitrogens with one attached hydrogen (secondary N) is 1. The summed E-state index contributed by atoms with van der Waals surface area (Å²) in [6.07, 6.45) is 0. The van der Waals surface area contributed by atoms with Crippen LogP contribution in [0.1, 0.15) is 11.1 Å². The lowest BCUT2D eigenvalue weighted by Crippen LogP contribution is -2.00. The quantitative estimate of drug-likeness (QED) is 0.372. The Bertz CT molecular complexity index is 1040. The van der Waals surface area contributed by atoms with Crippen molar-refractivity contribution in [2.24, 2.45) is 0 Å². The monoisotopic (exact) mass is 417 g/mol. The van der Waals surface area contributed by atoms with E-state index in [1.165, 1.54) is 21.9 Å². The van der Waals surface area contributed by atoms with E-state index in [1.54, 1.807) is 0 Å². The normalized spacial score (nSPS) is 10.7. The molecule has 0 amide bonds. The molecule has 0 aliphatic carbocycles. The number of anilines is 1. The first-order valence-corrected chi connectivity index (χ1v) is 9.75. The van der Waals surface area contributed by atoms with E-state index in [0.29, 0.717) is 6.61 Å². The molecule has 0 saturated heterocycles. The molecule has 0 heterocycles. The van der Waals surface area contributed by atoms with Gasteiger partial charge >= 0.3 is 0 Å². The molecule has 4 rings (SSSR count). The van der Waals surface area contributed by atoms with Gasteiger partial charge in [-0.15, -0.1) is 0 Å². The van der Waals surface area contributed by atoms with Crippen molar-refractivity contribution in [3.8, 4) is 5.75 Å². The van der Waals surface area contributed by atoms with Gasteiger partial charge in [-0.05, 0) is 58.3 Å². The molecule has 0 radical (unpaired) electrons. The number of benzene rings is 4. The Kier molecular flexibility index (Phi) is 5.40. The summed E-state index contributed by atoms with van der Waals surface area (Å²) >= 11 is 3.46. The van der Waals surface area contributed by atoms with Crippen molar-refractivity contribution >= 4 is 32.4 Å². The summed E-state index contributed by atoms with van der Waals surface area (Å²) in [6, 6.07) is 31.2. The molecule has 134 valence electrons. The van der Waals surface area contributed by atoms with Gasteiger partial charge in [-0.1, -0.05) is 70.5 Å². The number of rotatable bonds is 6. The van der Waals surface area contributed by atoms with Gasteiger partial charge in [0.15, 0.2) is 0 Å². The van der Waals surface area contributed by atoms with Crippen LogP contribution in [0.3, 0.4) is 0 Å².